The maximum Gasteiger partial charge on any atom is 0.323 e. The van der Waals surface area contributed by atoms with Crippen molar-refractivity contribution in [1.29, 1.82) is 0 Å². The maximum absolute atomic E-state index is 13.7. The molecule has 0 aliphatic heterocycles. The van der Waals surface area contributed by atoms with Crippen LogP contribution in [-0.4, -0.2) is 33.7 Å². The van der Waals surface area contributed by atoms with E-state index in [0.717, 1.165) is 6.07 Å². The van der Waals surface area contributed by atoms with Crippen molar-refractivity contribution >= 4 is 5.97 Å². The number of aliphatic carboxylic acids is 1. The van der Waals surface area contributed by atoms with Gasteiger partial charge in [0.1, 0.15) is 17.1 Å². The molecule has 1 aromatic rings. The molecule has 4 nitrogen and oxygen atoms in total. The van der Waals surface area contributed by atoms with Gasteiger partial charge in [0.15, 0.2) is 0 Å². The zero-order valence-corrected chi connectivity index (χ0v) is 10.9. The molecule has 0 aliphatic rings. The molecule has 1 unspecified atom stereocenters. The molecule has 0 aromatic heterocycles. The second kappa shape index (κ2) is 4.94. The number of hydrogen-bond donors (Lipinski definition) is 2. The highest BCUT2D eigenvalue weighted by Gasteiger charge is 2.35. The molecule has 100 valence electrons. The van der Waals surface area contributed by atoms with E-state index in [9.17, 15) is 9.18 Å². The number of rotatable bonds is 4. The van der Waals surface area contributed by atoms with Gasteiger partial charge in [-0.15, -0.1) is 0 Å². The Morgan fingerprint density at radius 2 is 2.00 bits per heavy atom. The summed E-state index contributed by atoms with van der Waals surface area (Å²) in [5, 5.41) is 18.3. The molecule has 0 spiro atoms. The van der Waals surface area contributed by atoms with Crippen LogP contribution in [-0.2, 0) is 4.79 Å². The predicted molar refractivity (Wildman–Crippen MR) is 66.0 cm³/mol. The van der Waals surface area contributed by atoms with Crippen LogP contribution >= 0.6 is 0 Å². The minimum atomic E-state index is -1.11. The summed E-state index contributed by atoms with van der Waals surface area (Å²) in [6.45, 7) is 4.84. The molecule has 5 heteroatoms. The zero-order valence-electron chi connectivity index (χ0n) is 10.9. The van der Waals surface area contributed by atoms with E-state index >= 15 is 0 Å². The topological polar surface area (TPSA) is 60.8 Å². The van der Waals surface area contributed by atoms with Crippen molar-refractivity contribution in [1.82, 2.24) is 4.90 Å². The van der Waals surface area contributed by atoms with E-state index in [-0.39, 0.29) is 5.75 Å². The summed E-state index contributed by atoms with van der Waals surface area (Å²) in [5.41, 5.74) is -0.756. The molecular weight excluding hydrogens is 237 g/mol. The largest absolute Gasteiger partial charge is 0.508 e. The lowest BCUT2D eigenvalue weighted by Crippen LogP contribution is -2.49. The SMILES string of the molecule is CC(c1ccc(O)cc1F)N(C)C(C)(C)C(=O)O. The molecule has 0 bridgehead atoms. The number of aromatic hydroxyl groups is 1. The van der Waals surface area contributed by atoms with Gasteiger partial charge < -0.3 is 10.2 Å². The van der Waals surface area contributed by atoms with Crippen LogP contribution in [0.25, 0.3) is 0 Å². The Labute approximate surface area is 106 Å². The van der Waals surface area contributed by atoms with E-state index in [2.05, 4.69) is 0 Å². The van der Waals surface area contributed by atoms with E-state index in [1.54, 1.807) is 32.7 Å². The molecular formula is C13H18FNO3. The number of nitrogens with zero attached hydrogens (tertiary/aromatic N) is 1. The van der Waals surface area contributed by atoms with Gasteiger partial charge >= 0.3 is 5.97 Å². The highest BCUT2D eigenvalue weighted by molar-refractivity contribution is 5.77. The maximum atomic E-state index is 13.7. The fraction of sp³-hybridized carbons (Fsp3) is 0.462. The Kier molecular flexibility index (Phi) is 3.96. The number of hydrogen-bond acceptors (Lipinski definition) is 3. The van der Waals surface area contributed by atoms with Crippen LogP contribution in [0.2, 0.25) is 0 Å². The van der Waals surface area contributed by atoms with Crippen LogP contribution in [0.5, 0.6) is 5.75 Å². The number of carboxylic acids is 1. The van der Waals surface area contributed by atoms with Crippen molar-refractivity contribution in [3.63, 3.8) is 0 Å². The normalized spacial score (nSPS) is 13.7. The number of carboxylic acid groups (broad SMARTS) is 1. The van der Waals surface area contributed by atoms with Crippen LogP contribution < -0.4 is 0 Å². The van der Waals surface area contributed by atoms with Crippen molar-refractivity contribution in [2.45, 2.75) is 32.4 Å². The average Bonchev–Trinajstić information content (AvgIpc) is 2.26. The molecule has 1 rings (SSSR count). The van der Waals surface area contributed by atoms with Gasteiger partial charge in [-0.2, -0.15) is 0 Å². The first-order valence-corrected chi connectivity index (χ1v) is 5.62. The number of likely N-dealkylation sites (N-methyl/N-ethyl adjacent to an activating group) is 1. The molecule has 0 radical (unpaired) electrons. The van der Waals surface area contributed by atoms with Crippen molar-refractivity contribution in [2.75, 3.05) is 7.05 Å². The molecule has 1 atom stereocenters. The van der Waals surface area contributed by atoms with Gasteiger partial charge in [-0.1, -0.05) is 6.07 Å². The quantitative estimate of drug-likeness (QED) is 0.867. The fourth-order valence-electron chi connectivity index (χ4n) is 1.70. The Bertz CT molecular complexity index is 460. The smallest absolute Gasteiger partial charge is 0.323 e. The van der Waals surface area contributed by atoms with Crippen LogP contribution in [0.3, 0.4) is 0 Å². The van der Waals surface area contributed by atoms with Gasteiger partial charge in [0.2, 0.25) is 0 Å². The van der Waals surface area contributed by atoms with Crippen molar-refractivity contribution in [3.8, 4) is 5.75 Å². The third-order valence-corrected chi connectivity index (χ3v) is 3.42. The molecule has 0 saturated carbocycles. The monoisotopic (exact) mass is 255 g/mol. The highest BCUT2D eigenvalue weighted by atomic mass is 19.1. The average molecular weight is 255 g/mol. The van der Waals surface area contributed by atoms with Crippen molar-refractivity contribution < 1.29 is 19.4 Å². The standard InChI is InChI=1S/C13H18FNO3/c1-8(15(4)13(2,3)12(17)18)10-6-5-9(16)7-11(10)14/h5-8,16H,1-4H3,(H,17,18). The number of phenols is 1. The first-order chi connectivity index (χ1) is 8.17. The van der Waals surface area contributed by atoms with Crippen LogP contribution in [0.4, 0.5) is 4.39 Å². The van der Waals surface area contributed by atoms with E-state index in [0.29, 0.717) is 5.56 Å². The van der Waals surface area contributed by atoms with Gasteiger partial charge in [0.25, 0.3) is 0 Å². The third kappa shape index (κ3) is 2.61. The molecule has 0 aliphatic carbocycles. The van der Waals surface area contributed by atoms with Gasteiger partial charge in [-0.25, -0.2) is 4.39 Å². The summed E-state index contributed by atoms with van der Waals surface area (Å²) in [6.07, 6.45) is 0. The predicted octanol–water partition coefficient (Wildman–Crippen LogP) is 2.39. The molecule has 2 N–H and O–H groups in total. The summed E-state index contributed by atoms with van der Waals surface area (Å²) in [6, 6.07) is 3.45. The Hall–Kier alpha value is -1.62. The van der Waals surface area contributed by atoms with E-state index < -0.39 is 23.4 Å². The van der Waals surface area contributed by atoms with Gasteiger partial charge in [0.05, 0.1) is 0 Å². The summed E-state index contributed by atoms with van der Waals surface area (Å²) in [4.78, 5) is 12.7. The van der Waals surface area contributed by atoms with E-state index in [1.165, 1.54) is 12.1 Å². The summed E-state index contributed by atoms with van der Waals surface area (Å²) >= 11 is 0. The summed E-state index contributed by atoms with van der Waals surface area (Å²) < 4.78 is 13.7. The van der Waals surface area contributed by atoms with E-state index in [1.807, 2.05) is 0 Å². The minimum Gasteiger partial charge on any atom is -0.508 e. The highest BCUT2D eigenvalue weighted by Crippen LogP contribution is 2.29. The molecule has 1 aromatic carbocycles. The van der Waals surface area contributed by atoms with Gasteiger partial charge in [-0.05, 0) is 33.9 Å². The van der Waals surface area contributed by atoms with Gasteiger partial charge in [0, 0.05) is 17.7 Å². The summed E-state index contributed by atoms with van der Waals surface area (Å²) in [7, 11) is 1.63. The minimum absolute atomic E-state index is 0.149. The van der Waals surface area contributed by atoms with Crippen molar-refractivity contribution in [2.24, 2.45) is 0 Å². The van der Waals surface area contributed by atoms with E-state index in [4.69, 9.17) is 10.2 Å². The van der Waals surface area contributed by atoms with Gasteiger partial charge in [-0.3, -0.25) is 9.69 Å². The molecule has 0 fully saturated rings. The first-order valence-electron chi connectivity index (χ1n) is 5.62. The summed E-state index contributed by atoms with van der Waals surface area (Å²) in [5.74, 6) is -1.67. The fourth-order valence-corrected chi connectivity index (χ4v) is 1.70. The third-order valence-electron chi connectivity index (χ3n) is 3.42. The van der Waals surface area contributed by atoms with Crippen molar-refractivity contribution in [3.05, 3.63) is 29.6 Å². The Balaban J connectivity index is 3.07. The lowest BCUT2D eigenvalue weighted by atomic mass is 9.98. The molecule has 0 saturated heterocycles. The molecule has 18 heavy (non-hydrogen) atoms. The second-order valence-electron chi connectivity index (χ2n) is 4.86. The van der Waals surface area contributed by atoms with Crippen LogP contribution in [0, 0.1) is 5.82 Å². The number of benzene rings is 1. The molecule has 0 heterocycles. The van der Waals surface area contributed by atoms with Crippen LogP contribution in [0.1, 0.15) is 32.4 Å². The Morgan fingerprint density at radius 1 is 1.44 bits per heavy atom. The first kappa shape index (κ1) is 14.4. The number of halogens is 1. The number of carbonyl (C=O) groups is 1. The second-order valence-corrected chi connectivity index (χ2v) is 4.86. The van der Waals surface area contributed by atoms with Crippen LogP contribution in [0.15, 0.2) is 18.2 Å². The lowest BCUT2D eigenvalue weighted by molar-refractivity contribution is -0.149. The lowest BCUT2D eigenvalue weighted by Gasteiger charge is -2.36. The molecule has 0 amide bonds. The Morgan fingerprint density at radius 3 is 2.44 bits per heavy atom. The zero-order chi connectivity index (χ0) is 14.1. The number of phenolic OH excluding ortho intramolecular Hbond substituents is 1.